The molecule has 1 aromatic heterocycles. The Kier molecular flexibility index (Phi) is 3.64. The lowest BCUT2D eigenvalue weighted by atomic mass is 9.75. The van der Waals surface area contributed by atoms with E-state index in [0.717, 1.165) is 0 Å². The fourth-order valence-corrected chi connectivity index (χ4v) is 3.91. The molecule has 0 amide bonds. The van der Waals surface area contributed by atoms with Crippen LogP contribution in [0.5, 0.6) is 0 Å². The van der Waals surface area contributed by atoms with Gasteiger partial charge in [-0.05, 0) is 56.5 Å². The molecule has 0 spiro atoms. The standard InChI is InChI=1S/C16H24N2/c1-3-9-16(10-4-1,15-7-11-17-12-8-15)18-13-5-2-6-14-18/h7-8,11-12H,1-6,9-10,13-14H2. The number of piperidine rings is 1. The van der Waals surface area contributed by atoms with Crippen molar-refractivity contribution < 1.29 is 0 Å². The van der Waals surface area contributed by atoms with Crippen molar-refractivity contribution >= 4 is 0 Å². The molecule has 0 N–H and O–H groups in total. The van der Waals surface area contributed by atoms with Gasteiger partial charge in [-0.15, -0.1) is 0 Å². The van der Waals surface area contributed by atoms with E-state index in [0.29, 0.717) is 5.54 Å². The van der Waals surface area contributed by atoms with Gasteiger partial charge in [-0.1, -0.05) is 25.7 Å². The summed E-state index contributed by atoms with van der Waals surface area (Å²) in [4.78, 5) is 6.98. The fraction of sp³-hybridized carbons (Fsp3) is 0.688. The van der Waals surface area contributed by atoms with Crippen LogP contribution in [0.1, 0.15) is 56.9 Å². The predicted molar refractivity (Wildman–Crippen MR) is 74.4 cm³/mol. The lowest BCUT2D eigenvalue weighted by molar-refractivity contribution is 0.0303. The number of nitrogens with zero attached hydrogens (tertiary/aromatic N) is 2. The molecule has 2 nitrogen and oxygen atoms in total. The number of hydrogen-bond donors (Lipinski definition) is 0. The van der Waals surface area contributed by atoms with Gasteiger partial charge in [0.25, 0.3) is 0 Å². The summed E-state index contributed by atoms with van der Waals surface area (Å²) >= 11 is 0. The lowest BCUT2D eigenvalue weighted by Gasteiger charge is -2.48. The Morgan fingerprint density at radius 3 is 2.11 bits per heavy atom. The third kappa shape index (κ3) is 2.18. The molecule has 1 aliphatic carbocycles. The molecule has 1 saturated carbocycles. The number of hydrogen-bond acceptors (Lipinski definition) is 2. The van der Waals surface area contributed by atoms with Crippen LogP contribution in [0, 0.1) is 0 Å². The highest BCUT2D eigenvalue weighted by Crippen LogP contribution is 2.43. The molecule has 1 aromatic rings. The first kappa shape index (κ1) is 12.2. The average molecular weight is 244 g/mol. The van der Waals surface area contributed by atoms with Crippen molar-refractivity contribution in [2.45, 2.75) is 56.9 Å². The van der Waals surface area contributed by atoms with Gasteiger partial charge < -0.3 is 0 Å². The van der Waals surface area contributed by atoms with E-state index in [1.165, 1.54) is 70.0 Å². The minimum absolute atomic E-state index is 0.335. The molecule has 2 fully saturated rings. The molecule has 2 heteroatoms. The van der Waals surface area contributed by atoms with E-state index >= 15 is 0 Å². The maximum atomic E-state index is 4.20. The van der Waals surface area contributed by atoms with Crippen LogP contribution in [-0.4, -0.2) is 23.0 Å². The zero-order valence-electron chi connectivity index (χ0n) is 11.3. The number of likely N-dealkylation sites (tertiary alicyclic amines) is 1. The van der Waals surface area contributed by atoms with Crippen molar-refractivity contribution in [1.29, 1.82) is 0 Å². The van der Waals surface area contributed by atoms with Gasteiger partial charge in [-0.25, -0.2) is 0 Å². The van der Waals surface area contributed by atoms with Crippen molar-refractivity contribution in [1.82, 2.24) is 9.88 Å². The summed E-state index contributed by atoms with van der Waals surface area (Å²) in [6.45, 7) is 2.59. The Hall–Kier alpha value is -0.890. The molecule has 0 aromatic carbocycles. The van der Waals surface area contributed by atoms with Crippen LogP contribution < -0.4 is 0 Å². The van der Waals surface area contributed by atoms with Crippen molar-refractivity contribution in [2.75, 3.05) is 13.1 Å². The van der Waals surface area contributed by atoms with E-state index in [4.69, 9.17) is 0 Å². The topological polar surface area (TPSA) is 16.1 Å². The highest BCUT2D eigenvalue weighted by molar-refractivity contribution is 5.23. The van der Waals surface area contributed by atoms with Crippen LogP contribution >= 0.6 is 0 Å². The second-order valence-electron chi connectivity index (χ2n) is 5.88. The minimum atomic E-state index is 0.335. The molecule has 0 radical (unpaired) electrons. The van der Waals surface area contributed by atoms with Gasteiger partial charge in [-0.2, -0.15) is 0 Å². The van der Waals surface area contributed by atoms with E-state index in [2.05, 4.69) is 22.0 Å². The van der Waals surface area contributed by atoms with E-state index in [1.807, 2.05) is 12.4 Å². The Bertz CT molecular complexity index is 362. The van der Waals surface area contributed by atoms with Crippen LogP contribution in [0.15, 0.2) is 24.5 Å². The molecule has 1 saturated heterocycles. The smallest absolute Gasteiger partial charge is 0.0461 e. The maximum Gasteiger partial charge on any atom is 0.0461 e. The Morgan fingerprint density at radius 2 is 1.44 bits per heavy atom. The molecule has 0 unspecified atom stereocenters. The number of pyridine rings is 1. The number of rotatable bonds is 2. The van der Waals surface area contributed by atoms with Gasteiger partial charge in [0.1, 0.15) is 0 Å². The normalized spacial score (nSPS) is 24.9. The highest BCUT2D eigenvalue weighted by atomic mass is 15.2. The van der Waals surface area contributed by atoms with Crippen molar-refractivity contribution in [3.63, 3.8) is 0 Å². The van der Waals surface area contributed by atoms with Crippen molar-refractivity contribution in [3.8, 4) is 0 Å². The van der Waals surface area contributed by atoms with Crippen molar-refractivity contribution in [3.05, 3.63) is 30.1 Å². The summed E-state index contributed by atoms with van der Waals surface area (Å²) in [5.41, 5.74) is 1.85. The van der Waals surface area contributed by atoms with Gasteiger partial charge in [0.15, 0.2) is 0 Å². The zero-order chi connectivity index (χ0) is 12.3. The van der Waals surface area contributed by atoms with Crippen LogP contribution in [0.4, 0.5) is 0 Å². The fourth-order valence-electron chi connectivity index (χ4n) is 3.91. The van der Waals surface area contributed by atoms with Gasteiger partial charge in [0, 0.05) is 17.9 Å². The molecular weight excluding hydrogens is 220 g/mol. The van der Waals surface area contributed by atoms with E-state index < -0.39 is 0 Å². The minimum Gasteiger partial charge on any atom is -0.294 e. The second-order valence-corrected chi connectivity index (χ2v) is 5.88. The Labute approximate surface area is 110 Å². The van der Waals surface area contributed by atoms with E-state index in [-0.39, 0.29) is 0 Å². The first-order valence-corrected chi connectivity index (χ1v) is 7.57. The van der Waals surface area contributed by atoms with Crippen LogP contribution in [0.3, 0.4) is 0 Å². The molecule has 3 rings (SSSR count). The summed E-state index contributed by atoms with van der Waals surface area (Å²) in [6, 6.07) is 4.50. The molecular formula is C16H24N2. The largest absolute Gasteiger partial charge is 0.294 e. The monoisotopic (exact) mass is 244 g/mol. The lowest BCUT2D eigenvalue weighted by Crippen LogP contribution is -2.49. The third-order valence-electron chi connectivity index (χ3n) is 4.86. The van der Waals surface area contributed by atoms with Gasteiger partial charge in [0.05, 0.1) is 0 Å². The molecule has 1 aliphatic heterocycles. The Morgan fingerprint density at radius 1 is 0.833 bits per heavy atom. The second kappa shape index (κ2) is 5.40. The van der Waals surface area contributed by atoms with Crippen LogP contribution in [-0.2, 0) is 5.54 Å². The summed E-state index contributed by atoms with van der Waals surface area (Å²) in [6.07, 6.45) is 15.0. The van der Waals surface area contributed by atoms with Gasteiger partial charge in [-0.3, -0.25) is 9.88 Å². The highest BCUT2D eigenvalue weighted by Gasteiger charge is 2.39. The SMILES string of the molecule is c1cc(C2(N3CCCCC3)CCCCC2)ccn1. The van der Waals surface area contributed by atoms with E-state index in [1.54, 1.807) is 0 Å². The quantitative estimate of drug-likeness (QED) is 0.788. The zero-order valence-corrected chi connectivity index (χ0v) is 11.3. The van der Waals surface area contributed by atoms with Crippen LogP contribution in [0.25, 0.3) is 0 Å². The summed E-state index contributed by atoms with van der Waals surface area (Å²) in [5, 5.41) is 0. The summed E-state index contributed by atoms with van der Waals surface area (Å²) in [5.74, 6) is 0. The number of aromatic nitrogens is 1. The van der Waals surface area contributed by atoms with E-state index in [9.17, 15) is 0 Å². The average Bonchev–Trinajstić information content (AvgIpc) is 2.50. The first-order valence-electron chi connectivity index (χ1n) is 7.57. The van der Waals surface area contributed by atoms with Gasteiger partial charge >= 0.3 is 0 Å². The molecule has 2 aliphatic rings. The summed E-state index contributed by atoms with van der Waals surface area (Å²) in [7, 11) is 0. The van der Waals surface area contributed by atoms with Gasteiger partial charge in [0.2, 0.25) is 0 Å². The molecule has 0 bridgehead atoms. The Balaban J connectivity index is 1.92. The van der Waals surface area contributed by atoms with Crippen molar-refractivity contribution in [2.24, 2.45) is 0 Å². The summed E-state index contributed by atoms with van der Waals surface area (Å²) < 4.78 is 0. The third-order valence-corrected chi connectivity index (χ3v) is 4.86. The maximum absolute atomic E-state index is 4.20. The predicted octanol–water partition coefficient (Wildman–Crippen LogP) is 3.73. The molecule has 2 heterocycles. The molecule has 0 atom stereocenters. The molecule has 98 valence electrons. The van der Waals surface area contributed by atoms with Crippen LogP contribution in [0.2, 0.25) is 0 Å². The molecule has 18 heavy (non-hydrogen) atoms. The first-order chi connectivity index (χ1) is 8.92.